The number of nitrogens with one attached hydrogen (secondary N) is 1. The monoisotopic (exact) mass is 445 g/mol. The van der Waals surface area contributed by atoms with Crippen LogP contribution in [0.1, 0.15) is 110 Å². The zero-order valence-electron chi connectivity index (χ0n) is 21.0. The molecule has 4 nitrogen and oxygen atoms in total. The van der Waals surface area contributed by atoms with E-state index in [0.29, 0.717) is 17.9 Å². The summed E-state index contributed by atoms with van der Waals surface area (Å²) in [4.78, 5) is 0. The predicted octanol–water partition coefficient (Wildman–Crippen LogP) is 5.34. The lowest BCUT2D eigenvalue weighted by molar-refractivity contribution is -0.270. The highest BCUT2D eigenvalue weighted by Gasteiger charge is 2.58. The van der Waals surface area contributed by atoms with Gasteiger partial charge in [-0.2, -0.15) is 0 Å². The molecule has 6 aliphatic rings. The molecule has 184 valence electrons. The molecular weight excluding hydrogens is 394 g/mol. The van der Waals surface area contributed by atoms with Gasteiger partial charge in [0.15, 0.2) is 0 Å². The van der Waals surface area contributed by atoms with E-state index in [-0.39, 0.29) is 17.4 Å². The van der Waals surface area contributed by atoms with Crippen molar-refractivity contribution in [2.24, 2.45) is 47.0 Å². The molecular formula is C28H51N3O. The molecule has 3 saturated carbocycles. The Morgan fingerprint density at radius 3 is 2.31 bits per heavy atom. The maximum atomic E-state index is 7.00. The summed E-state index contributed by atoms with van der Waals surface area (Å²) in [6.07, 6.45) is 20.8. The van der Waals surface area contributed by atoms with Gasteiger partial charge in [-0.1, -0.05) is 32.1 Å². The van der Waals surface area contributed by atoms with Crippen molar-refractivity contribution in [1.29, 1.82) is 0 Å². The van der Waals surface area contributed by atoms with Gasteiger partial charge in [0.1, 0.15) is 0 Å². The SMILES string of the molecule is CC1(C)O[C@@]2([C@H]3CC[C@@H](CC4CCCCC4)[C@H](CC4CCC(N)NC4)C3)CC[C@H]1[C@@H](N)C2. The normalized spacial score (nSPS) is 47.4. The Labute approximate surface area is 197 Å². The summed E-state index contributed by atoms with van der Waals surface area (Å²) in [5.41, 5.74) is 12.9. The first kappa shape index (κ1) is 23.6. The van der Waals surface area contributed by atoms with Gasteiger partial charge in [0, 0.05) is 12.0 Å². The van der Waals surface area contributed by atoms with Gasteiger partial charge in [0.05, 0.1) is 17.4 Å². The minimum Gasteiger partial charge on any atom is -0.368 e. The molecule has 5 N–H and O–H groups in total. The molecule has 3 heterocycles. The average molecular weight is 446 g/mol. The predicted molar refractivity (Wildman–Crippen MR) is 132 cm³/mol. The molecule has 2 unspecified atom stereocenters. The Kier molecular flexibility index (Phi) is 6.98. The Morgan fingerprint density at radius 2 is 1.62 bits per heavy atom. The van der Waals surface area contributed by atoms with Crippen LogP contribution < -0.4 is 16.8 Å². The number of piperidine rings is 1. The lowest BCUT2D eigenvalue weighted by Gasteiger charge is -2.61. The number of ether oxygens (including phenoxy) is 1. The van der Waals surface area contributed by atoms with Gasteiger partial charge in [-0.05, 0) is 114 Å². The highest BCUT2D eigenvalue weighted by molar-refractivity contribution is 5.09. The molecule has 32 heavy (non-hydrogen) atoms. The fourth-order valence-corrected chi connectivity index (χ4v) is 9.09. The molecule has 2 bridgehead atoms. The van der Waals surface area contributed by atoms with Gasteiger partial charge >= 0.3 is 0 Å². The highest BCUT2D eigenvalue weighted by Crippen LogP contribution is 2.57. The molecule has 0 aromatic rings. The topological polar surface area (TPSA) is 73.3 Å². The number of nitrogens with two attached hydrogens (primary N) is 2. The largest absolute Gasteiger partial charge is 0.368 e. The second-order valence-corrected chi connectivity index (χ2v) is 13.2. The molecule has 3 saturated heterocycles. The van der Waals surface area contributed by atoms with Crippen LogP contribution >= 0.6 is 0 Å². The molecule has 6 rings (SSSR count). The number of fused-ring (bicyclic) bond motifs is 3. The van der Waals surface area contributed by atoms with Crippen LogP contribution in [0.5, 0.6) is 0 Å². The standard InChI is InChI=1S/C28H51N3O/c1-27(2)24-12-13-28(32-27,17-25(24)29)23-10-9-21(14-19-6-4-3-5-7-19)22(16-23)15-20-8-11-26(30)31-18-20/h19-26,31H,3-18,29-30H2,1-2H3/t20?,21-,22+,23-,24-,25-,26?,28-/m0/s1. The van der Waals surface area contributed by atoms with Crippen LogP contribution in [0, 0.1) is 35.5 Å². The van der Waals surface area contributed by atoms with Crippen molar-refractivity contribution in [3.63, 3.8) is 0 Å². The van der Waals surface area contributed by atoms with Crippen molar-refractivity contribution in [2.75, 3.05) is 6.54 Å². The van der Waals surface area contributed by atoms with Crippen LogP contribution in [-0.2, 0) is 4.74 Å². The second kappa shape index (κ2) is 9.47. The number of hydrogen-bond acceptors (Lipinski definition) is 4. The maximum Gasteiger partial charge on any atom is 0.0733 e. The average Bonchev–Trinajstić information content (AvgIpc) is 2.76. The Bertz CT molecular complexity index is 624. The van der Waals surface area contributed by atoms with Gasteiger partial charge in [-0.25, -0.2) is 0 Å². The first-order valence-electron chi connectivity index (χ1n) is 14.3. The summed E-state index contributed by atoms with van der Waals surface area (Å²) in [5.74, 6) is 4.86. The first-order valence-corrected chi connectivity index (χ1v) is 14.3. The summed E-state index contributed by atoms with van der Waals surface area (Å²) < 4.78 is 7.00. The third-order valence-electron chi connectivity index (χ3n) is 10.8. The zero-order chi connectivity index (χ0) is 22.3. The molecule has 0 radical (unpaired) electrons. The number of rotatable bonds is 5. The maximum absolute atomic E-state index is 7.00. The van der Waals surface area contributed by atoms with Gasteiger partial charge in [0.2, 0.25) is 0 Å². The highest BCUT2D eigenvalue weighted by atomic mass is 16.5. The number of hydrogen-bond donors (Lipinski definition) is 3. The van der Waals surface area contributed by atoms with E-state index in [1.807, 2.05) is 0 Å². The van der Waals surface area contributed by atoms with Crippen LogP contribution in [0.2, 0.25) is 0 Å². The molecule has 6 fully saturated rings. The van der Waals surface area contributed by atoms with E-state index in [1.54, 1.807) is 0 Å². The van der Waals surface area contributed by atoms with E-state index in [4.69, 9.17) is 16.2 Å². The fourth-order valence-electron chi connectivity index (χ4n) is 9.09. The van der Waals surface area contributed by atoms with E-state index in [1.165, 1.54) is 83.5 Å². The van der Waals surface area contributed by atoms with E-state index >= 15 is 0 Å². The van der Waals surface area contributed by atoms with E-state index in [2.05, 4.69) is 19.2 Å². The molecule has 0 aromatic heterocycles. The van der Waals surface area contributed by atoms with Crippen LogP contribution in [0.25, 0.3) is 0 Å². The van der Waals surface area contributed by atoms with Gasteiger partial charge in [-0.3, -0.25) is 0 Å². The minimum absolute atomic E-state index is 0.0478. The summed E-state index contributed by atoms with van der Waals surface area (Å²) >= 11 is 0. The third-order valence-corrected chi connectivity index (χ3v) is 10.8. The summed E-state index contributed by atoms with van der Waals surface area (Å²) in [5, 5.41) is 3.57. The van der Waals surface area contributed by atoms with Crippen LogP contribution in [-0.4, -0.2) is 30.0 Å². The Hall–Kier alpha value is -0.160. The van der Waals surface area contributed by atoms with Crippen LogP contribution in [0.4, 0.5) is 0 Å². The van der Waals surface area contributed by atoms with E-state index < -0.39 is 0 Å². The van der Waals surface area contributed by atoms with Crippen molar-refractivity contribution in [3.8, 4) is 0 Å². The molecule has 4 heteroatoms. The van der Waals surface area contributed by atoms with Crippen LogP contribution in [0.3, 0.4) is 0 Å². The molecule has 0 spiro atoms. The van der Waals surface area contributed by atoms with Gasteiger partial charge in [0.25, 0.3) is 0 Å². The summed E-state index contributed by atoms with van der Waals surface area (Å²) in [6.45, 7) is 5.75. The molecule has 0 aromatic carbocycles. The molecule has 3 aliphatic heterocycles. The third kappa shape index (κ3) is 4.81. The van der Waals surface area contributed by atoms with Crippen molar-refractivity contribution < 1.29 is 4.74 Å². The minimum atomic E-state index is -0.0478. The van der Waals surface area contributed by atoms with E-state index in [0.717, 1.165) is 43.1 Å². The van der Waals surface area contributed by atoms with Gasteiger partial charge in [-0.15, -0.1) is 0 Å². The van der Waals surface area contributed by atoms with Crippen molar-refractivity contribution >= 4 is 0 Å². The molecule has 8 atom stereocenters. The molecule has 0 amide bonds. The quantitative estimate of drug-likeness (QED) is 0.534. The lowest BCUT2D eigenvalue weighted by atomic mass is 9.56. The first-order chi connectivity index (χ1) is 15.3. The smallest absolute Gasteiger partial charge is 0.0733 e. The Morgan fingerprint density at radius 1 is 0.844 bits per heavy atom. The van der Waals surface area contributed by atoms with E-state index in [9.17, 15) is 0 Å². The fraction of sp³-hybridized carbons (Fsp3) is 1.00. The van der Waals surface area contributed by atoms with Crippen LogP contribution in [0.15, 0.2) is 0 Å². The Balaban J connectivity index is 1.30. The van der Waals surface area contributed by atoms with Crippen molar-refractivity contribution in [2.45, 2.75) is 134 Å². The lowest BCUT2D eigenvalue weighted by Crippen LogP contribution is -2.66. The van der Waals surface area contributed by atoms with Gasteiger partial charge < -0.3 is 21.5 Å². The second-order valence-electron chi connectivity index (χ2n) is 13.2. The van der Waals surface area contributed by atoms with Crippen molar-refractivity contribution in [1.82, 2.24) is 5.32 Å². The summed E-state index contributed by atoms with van der Waals surface area (Å²) in [6, 6.07) is 0.329. The van der Waals surface area contributed by atoms with Crippen molar-refractivity contribution in [3.05, 3.63) is 0 Å². The molecule has 3 aliphatic carbocycles. The summed E-state index contributed by atoms with van der Waals surface area (Å²) in [7, 11) is 0. The zero-order valence-corrected chi connectivity index (χ0v) is 21.0.